The minimum Gasteiger partial charge on any atom is -0.412 e. The molecule has 1 unspecified atom stereocenters. The predicted molar refractivity (Wildman–Crippen MR) is 89.8 cm³/mol. The average molecular weight is 292 g/mol. The summed E-state index contributed by atoms with van der Waals surface area (Å²) in [7, 11) is -1.66. The van der Waals surface area contributed by atoms with Crippen LogP contribution in [0.4, 0.5) is 11.4 Å². The zero-order valence-corrected chi connectivity index (χ0v) is 14.4. The van der Waals surface area contributed by atoms with Crippen LogP contribution in [0.25, 0.3) is 0 Å². The molecule has 1 saturated heterocycles. The Morgan fingerprint density at radius 3 is 2.35 bits per heavy atom. The third-order valence-corrected chi connectivity index (χ3v) is 9.21. The van der Waals surface area contributed by atoms with Gasteiger partial charge in [0, 0.05) is 24.5 Å². The van der Waals surface area contributed by atoms with Crippen molar-refractivity contribution in [1.29, 1.82) is 0 Å². The van der Waals surface area contributed by atoms with Crippen LogP contribution in [0.1, 0.15) is 27.2 Å². The maximum Gasteiger partial charge on any atom is 0.192 e. The normalized spacial score (nSPS) is 20.4. The fourth-order valence-electron chi connectivity index (χ4n) is 2.34. The third kappa shape index (κ3) is 3.36. The summed E-state index contributed by atoms with van der Waals surface area (Å²) in [5.41, 5.74) is 7.82. The Kier molecular flexibility index (Phi) is 4.16. The summed E-state index contributed by atoms with van der Waals surface area (Å²) in [5.74, 6) is 0. The molecule has 20 heavy (non-hydrogen) atoms. The van der Waals surface area contributed by atoms with Crippen LogP contribution < -0.4 is 10.6 Å². The lowest BCUT2D eigenvalue weighted by Crippen LogP contribution is -2.44. The maximum atomic E-state index is 6.51. The highest BCUT2D eigenvalue weighted by molar-refractivity contribution is 6.74. The lowest BCUT2D eigenvalue weighted by atomic mass is 10.2. The molecule has 0 radical (unpaired) electrons. The van der Waals surface area contributed by atoms with Crippen molar-refractivity contribution in [2.75, 3.05) is 23.7 Å². The molecule has 1 heterocycles. The maximum absolute atomic E-state index is 6.51. The molecule has 0 spiro atoms. The number of benzene rings is 1. The van der Waals surface area contributed by atoms with E-state index in [0.29, 0.717) is 6.10 Å². The smallest absolute Gasteiger partial charge is 0.192 e. The van der Waals surface area contributed by atoms with E-state index in [-0.39, 0.29) is 5.04 Å². The Balaban J connectivity index is 1.98. The van der Waals surface area contributed by atoms with Crippen LogP contribution >= 0.6 is 0 Å². The van der Waals surface area contributed by atoms with Crippen molar-refractivity contribution >= 4 is 19.7 Å². The van der Waals surface area contributed by atoms with E-state index in [9.17, 15) is 0 Å². The van der Waals surface area contributed by atoms with Gasteiger partial charge in [-0.3, -0.25) is 0 Å². The Bertz CT molecular complexity index is 451. The molecule has 112 valence electrons. The molecular weight excluding hydrogens is 264 g/mol. The number of nitrogen functional groups attached to an aromatic ring is 1. The average Bonchev–Trinajstić information content (AvgIpc) is 2.76. The molecule has 1 aliphatic rings. The Labute approximate surface area is 124 Å². The number of nitrogens with two attached hydrogens (primary N) is 1. The summed E-state index contributed by atoms with van der Waals surface area (Å²) in [6.45, 7) is 13.6. The van der Waals surface area contributed by atoms with E-state index in [2.05, 4.69) is 50.9 Å². The molecule has 0 saturated carbocycles. The monoisotopic (exact) mass is 292 g/mol. The number of hydrogen-bond donors (Lipinski definition) is 1. The van der Waals surface area contributed by atoms with Crippen LogP contribution in [0.3, 0.4) is 0 Å². The molecule has 1 aromatic carbocycles. The molecule has 2 N–H and O–H groups in total. The highest BCUT2D eigenvalue weighted by atomic mass is 28.4. The Morgan fingerprint density at radius 2 is 1.80 bits per heavy atom. The first-order valence-electron chi connectivity index (χ1n) is 7.47. The van der Waals surface area contributed by atoms with Gasteiger partial charge in [-0.15, -0.1) is 0 Å². The molecule has 0 aliphatic carbocycles. The molecule has 1 atom stereocenters. The van der Waals surface area contributed by atoms with E-state index in [4.69, 9.17) is 10.2 Å². The van der Waals surface area contributed by atoms with Crippen molar-refractivity contribution in [1.82, 2.24) is 0 Å². The number of anilines is 2. The van der Waals surface area contributed by atoms with Gasteiger partial charge in [0.05, 0.1) is 6.10 Å². The van der Waals surface area contributed by atoms with Crippen LogP contribution in [-0.2, 0) is 4.43 Å². The fraction of sp³-hybridized carbons (Fsp3) is 0.625. The molecule has 0 bridgehead atoms. The first-order chi connectivity index (χ1) is 9.19. The summed E-state index contributed by atoms with van der Waals surface area (Å²) >= 11 is 0. The number of rotatable bonds is 3. The topological polar surface area (TPSA) is 38.5 Å². The molecule has 1 aromatic rings. The third-order valence-electron chi connectivity index (χ3n) is 4.67. The van der Waals surface area contributed by atoms with E-state index in [1.807, 2.05) is 12.1 Å². The zero-order chi connectivity index (χ0) is 15.0. The van der Waals surface area contributed by atoms with Gasteiger partial charge in [-0.25, -0.2) is 0 Å². The van der Waals surface area contributed by atoms with E-state index in [1.165, 1.54) is 5.69 Å². The van der Waals surface area contributed by atoms with Crippen molar-refractivity contribution in [2.45, 2.75) is 51.4 Å². The minimum absolute atomic E-state index is 0.279. The molecule has 0 amide bonds. The van der Waals surface area contributed by atoms with E-state index in [1.54, 1.807) is 0 Å². The molecule has 1 aliphatic heterocycles. The van der Waals surface area contributed by atoms with Gasteiger partial charge in [0.1, 0.15) is 0 Å². The summed E-state index contributed by atoms with van der Waals surface area (Å²) in [6, 6.07) is 8.14. The van der Waals surface area contributed by atoms with Gasteiger partial charge in [0.15, 0.2) is 8.32 Å². The van der Waals surface area contributed by atoms with Gasteiger partial charge in [-0.1, -0.05) is 20.8 Å². The summed E-state index contributed by atoms with van der Waals surface area (Å²) < 4.78 is 6.51. The summed E-state index contributed by atoms with van der Waals surface area (Å²) in [6.07, 6.45) is 1.49. The van der Waals surface area contributed by atoms with Gasteiger partial charge < -0.3 is 15.1 Å². The molecule has 0 aromatic heterocycles. The van der Waals surface area contributed by atoms with Crippen molar-refractivity contribution in [2.24, 2.45) is 0 Å². The van der Waals surface area contributed by atoms with E-state index < -0.39 is 8.32 Å². The van der Waals surface area contributed by atoms with E-state index in [0.717, 1.165) is 25.2 Å². The van der Waals surface area contributed by atoms with Crippen LogP contribution in [0, 0.1) is 0 Å². The number of nitrogens with zero attached hydrogens (tertiary/aromatic N) is 1. The second-order valence-corrected chi connectivity index (χ2v) is 12.1. The Hall–Kier alpha value is -1.00. The minimum atomic E-state index is -1.66. The van der Waals surface area contributed by atoms with Crippen molar-refractivity contribution in [3.05, 3.63) is 24.3 Å². The van der Waals surface area contributed by atoms with Crippen LogP contribution in [0.15, 0.2) is 24.3 Å². The van der Waals surface area contributed by atoms with Crippen molar-refractivity contribution in [3.63, 3.8) is 0 Å². The van der Waals surface area contributed by atoms with Crippen LogP contribution in [-0.4, -0.2) is 27.5 Å². The fourth-order valence-corrected chi connectivity index (χ4v) is 3.72. The Morgan fingerprint density at radius 1 is 1.20 bits per heavy atom. The standard InChI is InChI=1S/C16H28N2OSi/c1-16(2,3)20(4,5)19-15-10-11-18(12-15)14-8-6-13(17)7-9-14/h6-9,15H,10-12,17H2,1-5H3. The summed E-state index contributed by atoms with van der Waals surface area (Å²) in [4.78, 5) is 2.40. The van der Waals surface area contributed by atoms with Crippen molar-refractivity contribution in [3.8, 4) is 0 Å². The molecular formula is C16H28N2OSi. The zero-order valence-electron chi connectivity index (χ0n) is 13.4. The first-order valence-corrected chi connectivity index (χ1v) is 10.4. The first kappa shape index (κ1) is 15.4. The van der Waals surface area contributed by atoms with Gasteiger partial charge in [0.2, 0.25) is 0 Å². The lowest BCUT2D eigenvalue weighted by molar-refractivity contribution is 0.202. The lowest BCUT2D eigenvalue weighted by Gasteiger charge is -2.38. The highest BCUT2D eigenvalue weighted by Crippen LogP contribution is 2.38. The van der Waals surface area contributed by atoms with Gasteiger partial charge >= 0.3 is 0 Å². The SMILES string of the molecule is CC(C)(C)[Si](C)(C)OC1CCN(c2ccc(N)cc2)C1. The second-order valence-electron chi connectivity index (χ2n) is 7.33. The molecule has 4 heteroatoms. The van der Waals surface area contributed by atoms with Gasteiger partial charge in [0.25, 0.3) is 0 Å². The van der Waals surface area contributed by atoms with E-state index >= 15 is 0 Å². The predicted octanol–water partition coefficient (Wildman–Crippen LogP) is 3.87. The number of hydrogen-bond acceptors (Lipinski definition) is 3. The molecule has 2 rings (SSSR count). The van der Waals surface area contributed by atoms with Crippen LogP contribution in [0.2, 0.25) is 18.1 Å². The van der Waals surface area contributed by atoms with Gasteiger partial charge in [-0.2, -0.15) is 0 Å². The highest BCUT2D eigenvalue weighted by Gasteiger charge is 2.40. The molecule has 3 nitrogen and oxygen atoms in total. The van der Waals surface area contributed by atoms with Crippen molar-refractivity contribution < 1.29 is 4.43 Å². The summed E-state index contributed by atoms with van der Waals surface area (Å²) in [5, 5.41) is 0.279. The van der Waals surface area contributed by atoms with Gasteiger partial charge in [-0.05, 0) is 48.8 Å². The van der Waals surface area contributed by atoms with Crippen LogP contribution in [0.5, 0.6) is 0 Å². The second kappa shape index (κ2) is 5.41. The molecule has 1 fully saturated rings. The quantitative estimate of drug-likeness (QED) is 0.679. The largest absolute Gasteiger partial charge is 0.412 e.